The van der Waals surface area contributed by atoms with E-state index in [2.05, 4.69) is 15.6 Å². The highest BCUT2D eigenvalue weighted by Crippen LogP contribution is 1.91. The number of nitrogens with one attached hydrogen (secondary N) is 2. The van der Waals surface area contributed by atoms with Gasteiger partial charge < -0.3 is 10.4 Å². The van der Waals surface area contributed by atoms with Gasteiger partial charge in [0.25, 0.3) is 0 Å². The maximum absolute atomic E-state index is 11.2. The highest BCUT2D eigenvalue weighted by Gasteiger charge is 2.12. The fraction of sp³-hybridized carbons (Fsp3) is 0.750. The van der Waals surface area contributed by atoms with Gasteiger partial charge in [-0.2, -0.15) is 0 Å². The van der Waals surface area contributed by atoms with Crippen LogP contribution in [0, 0.1) is 5.92 Å². The Morgan fingerprint density at radius 1 is 1.50 bits per heavy atom. The standard InChI is InChI=1S/C8H16N2O4/c1-3-9-4-6(2)8(13)10-14-5-7(11)12/h6,9H,3-5H2,1-2H3,(H,10,13)(H,11,12). The number of carbonyl (C=O) groups excluding carboxylic acids is 1. The minimum absolute atomic E-state index is 0.247. The van der Waals surface area contributed by atoms with Gasteiger partial charge in [-0.1, -0.05) is 13.8 Å². The first kappa shape index (κ1) is 12.9. The number of hydroxylamine groups is 1. The van der Waals surface area contributed by atoms with Gasteiger partial charge >= 0.3 is 5.97 Å². The van der Waals surface area contributed by atoms with Crippen molar-refractivity contribution in [1.29, 1.82) is 0 Å². The molecule has 0 aromatic rings. The largest absolute Gasteiger partial charge is 0.479 e. The van der Waals surface area contributed by atoms with E-state index in [4.69, 9.17) is 5.11 Å². The third-order valence-electron chi connectivity index (χ3n) is 1.52. The fourth-order valence-corrected chi connectivity index (χ4v) is 0.723. The Morgan fingerprint density at radius 3 is 2.64 bits per heavy atom. The van der Waals surface area contributed by atoms with Crippen LogP contribution in [0.2, 0.25) is 0 Å². The van der Waals surface area contributed by atoms with E-state index in [1.54, 1.807) is 6.92 Å². The van der Waals surface area contributed by atoms with Crippen molar-refractivity contribution >= 4 is 11.9 Å². The Kier molecular flexibility index (Phi) is 6.69. The molecule has 1 atom stereocenters. The molecule has 0 aromatic carbocycles. The van der Waals surface area contributed by atoms with E-state index in [0.717, 1.165) is 6.54 Å². The average molecular weight is 204 g/mol. The van der Waals surface area contributed by atoms with Gasteiger partial charge in [0.05, 0.1) is 0 Å². The number of amides is 1. The van der Waals surface area contributed by atoms with Gasteiger partial charge in [-0.3, -0.25) is 9.63 Å². The van der Waals surface area contributed by atoms with Crippen molar-refractivity contribution in [3.63, 3.8) is 0 Å². The lowest BCUT2D eigenvalue weighted by Crippen LogP contribution is -2.36. The van der Waals surface area contributed by atoms with Gasteiger partial charge in [0.2, 0.25) is 5.91 Å². The number of carboxylic acid groups (broad SMARTS) is 1. The maximum Gasteiger partial charge on any atom is 0.332 e. The van der Waals surface area contributed by atoms with E-state index in [1.165, 1.54) is 0 Å². The van der Waals surface area contributed by atoms with E-state index < -0.39 is 12.6 Å². The normalized spacial score (nSPS) is 12.1. The molecular weight excluding hydrogens is 188 g/mol. The molecular formula is C8H16N2O4. The van der Waals surface area contributed by atoms with Crippen LogP contribution in [0.15, 0.2) is 0 Å². The minimum Gasteiger partial charge on any atom is -0.479 e. The predicted octanol–water partition coefficient (Wildman–Crippen LogP) is -0.636. The first-order chi connectivity index (χ1) is 6.57. The van der Waals surface area contributed by atoms with Crippen molar-refractivity contribution in [3.8, 4) is 0 Å². The number of carbonyl (C=O) groups is 2. The van der Waals surface area contributed by atoms with E-state index in [1.807, 2.05) is 6.92 Å². The Morgan fingerprint density at radius 2 is 2.14 bits per heavy atom. The smallest absolute Gasteiger partial charge is 0.332 e. The van der Waals surface area contributed by atoms with Crippen LogP contribution < -0.4 is 10.8 Å². The average Bonchev–Trinajstić information content (AvgIpc) is 2.13. The van der Waals surface area contributed by atoms with Gasteiger partial charge in [0.15, 0.2) is 6.61 Å². The van der Waals surface area contributed by atoms with Gasteiger partial charge in [0.1, 0.15) is 0 Å². The summed E-state index contributed by atoms with van der Waals surface area (Å²) in [5.74, 6) is -1.69. The Balaban J connectivity index is 3.56. The lowest BCUT2D eigenvalue weighted by atomic mass is 10.2. The SMILES string of the molecule is CCNCC(C)C(=O)NOCC(=O)O. The molecule has 1 unspecified atom stereocenters. The molecule has 14 heavy (non-hydrogen) atoms. The molecule has 0 aliphatic rings. The Labute approximate surface area is 82.6 Å². The van der Waals surface area contributed by atoms with Gasteiger partial charge in [-0.15, -0.1) is 0 Å². The summed E-state index contributed by atoms with van der Waals surface area (Å²) >= 11 is 0. The summed E-state index contributed by atoms with van der Waals surface area (Å²) in [5, 5.41) is 11.2. The van der Waals surface area contributed by atoms with Crippen LogP contribution in [0.5, 0.6) is 0 Å². The maximum atomic E-state index is 11.2. The number of carboxylic acids is 1. The molecule has 0 fully saturated rings. The monoisotopic (exact) mass is 204 g/mol. The highest BCUT2D eigenvalue weighted by atomic mass is 16.7. The lowest BCUT2D eigenvalue weighted by Gasteiger charge is -2.11. The van der Waals surface area contributed by atoms with E-state index in [0.29, 0.717) is 6.54 Å². The molecule has 0 saturated carbocycles. The molecule has 3 N–H and O–H groups in total. The third kappa shape index (κ3) is 6.38. The summed E-state index contributed by atoms with van der Waals surface area (Å²) in [5.41, 5.74) is 2.06. The summed E-state index contributed by atoms with van der Waals surface area (Å²) in [6.07, 6.45) is 0. The van der Waals surface area contributed by atoms with E-state index in [-0.39, 0.29) is 11.8 Å². The van der Waals surface area contributed by atoms with Crippen LogP contribution in [0.25, 0.3) is 0 Å². The first-order valence-corrected chi connectivity index (χ1v) is 4.42. The summed E-state index contributed by atoms with van der Waals surface area (Å²) < 4.78 is 0. The Bertz CT molecular complexity index is 196. The molecule has 0 saturated heterocycles. The molecule has 0 spiro atoms. The van der Waals surface area contributed by atoms with E-state index in [9.17, 15) is 9.59 Å². The van der Waals surface area contributed by atoms with Crippen LogP contribution in [0.3, 0.4) is 0 Å². The molecule has 82 valence electrons. The van der Waals surface area contributed by atoms with Crippen LogP contribution in [-0.4, -0.2) is 36.7 Å². The minimum atomic E-state index is -1.12. The highest BCUT2D eigenvalue weighted by molar-refractivity contribution is 5.77. The number of hydrogen-bond acceptors (Lipinski definition) is 4. The quantitative estimate of drug-likeness (QED) is 0.480. The van der Waals surface area contributed by atoms with Crippen molar-refractivity contribution in [1.82, 2.24) is 10.8 Å². The summed E-state index contributed by atoms with van der Waals surface area (Å²) in [6, 6.07) is 0. The lowest BCUT2D eigenvalue weighted by molar-refractivity contribution is -0.150. The molecule has 6 heteroatoms. The predicted molar refractivity (Wildman–Crippen MR) is 49.4 cm³/mol. The van der Waals surface area contributed by atoms with Crippen LogP contribution in [0.4, 0.5) is 0 Å². The zero-order valence-electron chi connectivity index (χ0n) is 8.37. The van der Waals surface area contributed by atoms with Gasteiger partial charge in [0, 0.05) is 12.5 Å². The zero-order chi connectivity index (χ0) is 11.0. The van der Waals surface area contributed by atoms with Crippen molar-refractivity contribution in [2.24, 2.45) is 5.92 Å². The summed E-state index contributed by atoms with van der Waals surface area (Å²) in [7, 11) is 0. The molecule has 0 bridgehead atoms. The molecule has 0 radical (unpaired) electrons. The van der Waals surface area contributed by atoms with E-state index >= 15 is 0 Å². The summed E-state index contributed by atoms with van der Waals surface area (Å²) in [6.45, 7) is 4.46. The first-order valence-electron chi connectivity index (χ1n) is 4.42. The molecule has 0 rings (SSSR count). The number of aliphatic carboxylic acids is 1. The number of hydrogen-bond donors (Lipinski definition) is 3. The third-order valence-corrected chi connectivity index (χ3v) is 1.52. The Hall–Kier alpha value is -1.14. The van der Waals surface area contributed by atoms with Gasteiger partial charge in [-0.25, -0.2) is 10.3 Å². The molecule has 0 heterocycles. The summed E-state index contributed by atoms with van der Waals surface area (Å²) in [4.78, 5) is 25.6. The molecule has 0 aromatic heterocycles. The van der Waals surface area contributed by atoms with Gasteiger partial charge in [-0.05, 0) is 6.54 Å². The zero-order valence-corrected chi connectivity index (χ0v) is 8.37. The second-order valence-electron chi connectivity index (χ2n) is 2.86. The second kappa shape index (κ2) is 7.28. The molecule has 0 aliphatic carbocycles. The van der Waals surface area contributed by atoms with Crippen LogP contribution >= 0.6 is 0 Å². The van der Waals surface area contributed by atoms with Crippen molar-refractivity contribution in [2.75, 3.05) is 19.7 Å². The molecule has 6 nitrogen and oxygen atoms in total. The van der Waals surface area contributed by atoms with Crippen LogP contribution in [0.1, 0.15) is 13.8 Å². The van der Waals surface area contributed by atoms with Crippen molar-refractivity contribution in [2.45, 2.75) is 13.8 Å². The van der Waals surface area contributed by atoms with Crippen molar-refractivity contribution < 1.29 is 19.5 Å². The second-order valence-corrected chi connectivity index (χ2v) is 2.86. The fourth-order valence-electron chi connectivity index (χ4n) is 0.723. The molecule has 1 amide bonds. The number of rotatable bonds is 7. The van der Waals surface area contributed by atoms with Crippen molar-refractivity contribution in [3.05, 3.63) is 0 Å². The topological polar surface area (TPSA) is 87.7 Å². The van der Waals surface area contributed by atoms with Crippen LogP contribution in [-0.2, 0) is 14.4 Å². The molecule has 0 aliphatic heterocycles.